The van der Waals surface area contributed by atoms with Crippen LogP contribution in [0.2, 0.25) is 0 Å². The molecule has 2 unspecified atom stereocenters. The molecule has 2 atom stereocenters. The maximum Gasteiger partial charge on any atom is 0.180 e. The Labute approximate surface area is 169 Å². The van der Waals surface area contributed by atoms with E-state index in [1.807, 2.05) is 18.3 Å². The number of pyridine rings is 1. The molecule has 2 N–H and O–H groups in total. The van der Waals surface area contributed by atoms with Crippen LogP contribution < -0.4 is 10.6 Å². The number of likely N-dealkylation sites (tertiary alicyclic amines) is 1. The largest absolute Gasteiger partial charge is 0.387 e. The first-order valence-corrected chi connectivity index (χ1v) is 10.2. The van der Waals surface area contributed by atoms with Gasteiger partial charge in [0.25, 0.3) is 0 Å². The molecule has 1 aromatic carbocycles. The fourth-order valence-electron chi connectivity index (χ4n) is 4.98. The number of nitrogens with two attached hydrogens (primary N) is 1. The molecular formula is C22H23N7. The third-order valence-electron chi connectivity index (χ3n) is 6.40. The van der Waals surface area contributed by atoms with Crippen LogP contribution in [0.5, 0.6) is 0 Å². The van der Waals surface area contributed by atoms with Gasteiger partial charge < -0.3 is 15.5 Å². The summed E-state index contributed by atoms with van der Waals surface area (Å²) in [6.07, 6.45) is 2.62. The Bertz CT molecular complexity index is 1140. The predicted octanol–water partition coefficient (Wildman–Crippen LogP) is 2.23. The number of rotatable bonds is 2. The van der Waals surface area contributed by atoms with E-state index < -0.39 is 0 Å². The van der Waals surface area contributed by atoms with E-state index in [0.29, 0.717) is 11.5 Å². The van der Waals surface area contributed by atoms with Crippen LogP contribution in [-0.2, 0) is 6.42 Å². The number of anilines is 1. The molecule has 0 amide bonds. The van der Waals surface area contributed by atoms with E-state index in [1.54, 1.807) is 0 Å². The Morgan fingerprint density at radius 3 is 2.66 bits per heavy atom. The Hall–Kier alpha value is -3.06. The molecule has 29 heavy (non-hydrogen) atoms. The topological polar surface area (TPSA) is 83.5 Å². The van der Waals surface area contributed by atoms with Crippen molar-refractivity contribution in [2.24, 2.45) is 22.6 Å². The maximum atomic E-state index is 5.87. The summed E-state index contributed by atoms with van der Waals surface area (Å²) in [7, 11) is 2.21. The van der Waals surface area contributed by atoms with E-state index in [2.05, 4.69) is 45.0 Å². The summed E-state index contributed by atoms with van der Waals surface area (Å²) in [5.74, 6) is 3.07. The first kappa shape index (κ1) is 16.9. The van der Waals surface area contributed by atoms with E-state index in [9.17, 15) is 0 Å². The van der Waals surface area contributed by atoms with Crippen LogP contribution in [0.3, 0.4) is 0 Å². The van der Waals surface area contributed by atoms with Gasteiger partial charge in [-0.3, -0.25) is 0 Å². The van der Waals surface area contributed by atoms with Crippen molar-refractivity contribution in [2.45, 2.75) is 6.42 Å². The SMILES string of the molecule is CN1CC2CN(c3cnc4ccc(-c5ccc6c(c5)N=C(N)C6)nc4n3)CC2C1. The molecule has 0 bridgehead atoms. The summed E-state index contributed by atoms with van der Waals surface area (Å²) < 4.78 is 0. The fraction of sp³-hybridized carbons (Fsp3) is 0.364. The highest BCUT2D eigenvalue weighted by Crippen LogP contribution is 2.33. The summed E-state index contributed by atoms with van der Waals surface area (Å²) in [6, 6.07) is 10.2. The Morgan fingerprint density at radius 2 is 1.83 bits per heavy atom. The highest BCUT2D eigenvalue weighted by atomic mass is 15.3. The molecule has 6 rings (SSSR count). The number of hydrogen-bond acceptors (Lipinski definition) is 7. The summed E-state index contributed by atoms with van der Waals surface area (Å²) >= 11 is 0. The predicted molar refractivity (Wildman–Crippen MR) is 114 cm³/mol. The van der Waals surface area contributed by atoms with Gasteiger partial charge in [-0.2, -0.15) is 0 Å². The van der Waals surface area contributed by atoms with Gasteiger partial charge in [-0.25, -0.2) is 19.9 Å². The van der Waals surface area contributed by atoms with Crippen LogP contribution in [0.4, 0.5) is 11.5 Å². The molecule has 7 nitrogen and oxygen atoms in total. The zero-order valence-electron chi connectivity index (χ0n) is 16.4. The van der Waals surface area contributed by atoms with Crippen LogP contribution in [0.25, 0.3) is 22.4 Å². The normalized spacial score (nSPS) is 23.5. The van der Waals surface area contributed by atoms with Crippen LogP contribution >= 0.6 is 0 Å². The van der Waals surface area contributed by atoms with E-state index in [4.69, 9.17) is 15.7 Å². The first-order chi connectivity index (χ1) is 14.1. The van der Waals surface area contributed by atoms with Crippen molar-refractivity contribution in [3.8, 4) is 11.3 Å². The van der Waals surface area contributed by atoms with Crippen LogP contribution in [-0.4, -0.2) is 58.9 Å². The lowest BCUT2D eigenvalue weighted by Crippen LogP contribution is -2.27. The van der Waals surface area contributed by atoms with Crippen molar-refractivity contribution in [1.29, 1.82) is 0 Å². The lowest BCUT2D eigenvalue weighted by molar-refractivity contribution is 0.387. The molecule has 0 aliphatic carbocycles. The van der Waals surface area contributed by atoms with Crippen LogP contribution in [0, 0.1) is 11.8 Å². The summed E-state index contributed by atoms with van der Waals surface area (Å²) in [5, 5.41) is 0. The van der Waals surface area contributed by atoms with E-state index >= 15 is 0 Å². The third kappa shape index (κ3) is 2.84. The van der Waals surface area contributed by atoms with Gasteiger partial charge in [0.05, 0.1) is 17.6 Å². The van der Waals surface area contributed by atoms with Gasteiger partial charge in [0.2, 0.25) is 0 Å². The van der Waals surface area contributed by atoms with Crippen molar-refractivity contribution in [2.75, 3.05) is 38.1 Å². The van der Waals surface area contributed by atoms with Crippen molar-refractivity contribution in [3.63, 3.8) is 0 Å². The molecule has 7 heteroatoms. The van der Waals surface area contributed by atoms with Gasteiger partial charge >= 0.3 is 0 Å². The van der Waals surface area contributed by atoms with Crippen LogP contribution in [0.1, 0.15) is 5.56 Å². The molecular weight excluding hydrogens is 362 g/mol. The van der Waals surface area contributed by atoms with Crippen molar-refractivity contribution < 1.29 is 0 Å². The lowest BCUT2D eigenvalue weighted by atomic mass is 10.0. The third-order valence-corrected chi connectivity index (χ3v) is 6.40. The number of hydrogen-bond donors (Lipinski definition) is 1. The molecule has 2 saturated heterocycles. The number of aromatic nitrogens is 3. The Morgan fingerprint density at radius 1 is 1.00 bits per heavy atom. The van der Waals surface area contributed by atoms with Gasteiger partial charge in [0.15, 0.2) is 5.65 Å². The van der Waals surface area contributed by atoms with Gasteiger partial charge in [0, 0.05) is 38.2 Å². The fourth-order valence-corrected chi connectivity index (χ4v) is 4.98. The lowest BCUT2D eigenvalue weighted by Gasteiger charge is -2.20. The minimum atomic E-state index is 0.667. The molecule has 0 spiro atoms. The standard InChI is InChI=1S/C22H23N7/c1-28-9-15-11-29(12-16(15)10-28)21-8-24-18-5-4-17(26-22(18)27-21)13-2-3-14-7-20(23)25-19(14)6-13/h2-6,8,15-16H,7,9-12H2,1H3,(H2,23,25). The Balaban J connectivity index is 1.33. The minimum Gasteiger partial charge on any atom is -0.387 e. The summed E-state index contributed by atoms with van der Waals surface area (Å²) in [4.78, 5) is 23.5. The molecule has 3 aliphatic heterocycles. The first-order valence-electron chi connectivity index (χ1n) is 10.2. The summed E-state index contributed by atoms with van der Waals surface area (Å²) in [5.41, 5.74) is 11.4. The molecule has 146 valence electrons. The van der Waals surface area contributed by atoms with Gasteiger partial charge in [-0.05, 0) is 42.6 Å². The second-order valence-corrected chi connectivity index (χ2v) is 8.54. The van der Waals surface area contributed by atoms with E-state index in [1.165, 1.54) is 18.7 Å². The van der Waals surface area contributed by atoms with Crippen molar-refractivity contribution in [3.05, 3.63) is 42.1 Å². The molecule has 3 aromatic rings. The average molecular weight is 385 g/mol. The molecule has 2 aromatic heterocycles. The maximum absolute atomic E-state index is 5.87. The zero-order valence-corrected chi connectivity index (χ0v) is 16.4. The number of benzene rings is 1. The number of nitrogens with zero attached hydrogens (tertiary/aromatic N) is 6. The molecule has 5 heterocycles. The van der Waals surface area contributed by atoms with Crippen LogP contribution in [0.15, 0.2) is 41.5 Å². The van der Waals surface area contributed by atoms with Gasteiger partial charge in [0.1, 0.15) is 17.2 Å². The smallest absolute Gasteiger partial charge is 0.180 e. The van der Waals surface area contributed by atoms with E-state index in [0.717, 1.165) is 59.6 Å². The molecule has 0 saturated carbocycles. The monoisotopic (exact) mass is 385 g/mol. The minimum absolute atomic E-state index is 0.667. The average Bonchev–Trinajstić information content (AvgIpc) is 3.37. The zero-order chi connectivity index (χ0) is 19.5. The highest BCUT2D eigenvalue weighted by Gasteiger charge is 2.39. The quantitative estimate of drug-likeness (QED) is 0.728. The molecule has 0 radical (unpaired) electrons. The van der Waals surface area contributed by atoms with Gasteiger partial charge in [-0.15, -0.1) is 0 Å². The number of fused-ring (bicyclic) bond motifs is 3. The number of amidine groups is 1. The molecule has 3 aliphatic rings. The molecule has 2 fully saturated rings. The van der Waals surface area contributed by atoms with Crippen molar-refractivity contribution >= 4 is 28.5 Å². The number of aliphatic imine (C=N–C) groups is 1. The summed E-state index contributed by atoms with van der Waals surface area (Å²) in [6.45, 7) is 4.46. The highest BCUT2D eigenvalue weighted by molar-refractivity contribution is 5.91. The Kier molecular flexibility index (Phi) is 3.61. The van der Waals surface area contributed by atoms with Crippen molar-refractivity contribution in [1.82, 2.24) is 19.9 Å². The second-order valence-electron chi connectivity index (χ2n) is 8.54. The van der Waals surface area contributed by atoms with E-state index in [-0.39, 0.29) is 0 Å². The van der Waals surface area contributed by atoms with Gasteiger partial charge in [-0.1, -0.05) is 12.1 Å². The second kappa shape index (κ2) is 6.22.